The van der Waals surface area contributed by atoms with E-state index in [1.165, 1.54) is 23.5 Å². The lowest BCUT2D eigenvalue weighted by Crippen LogP contribution is -2.35. The van der Waals surface area contributed by atoms with Crippen molar-refractivity contribution in [2.75, 3.05) is 40.0 Å². The molecule has 0 radical (unpaired) electrons. The van der Waals surface area contributed by atoms with Gasteiger partial charge in [-0.25, -0.2) is 8.42 Å². The molecule has 1 aliphatic rings. The summed E-state index contributed by atoms with van der Waals surface area (Å²) in [5.41, 5.74) is 6.17. The predicted molar refractivity (Wildman–Crippen MR) is 82.8 cm³/mol. The van der Waals surface area contributed by atoms with E-state index in [2.05, 4.69) is 11.8 Å². The maximum Gasteiger partial charge on any atom is 0.246 e. The quantitative estimate of drug-likeness (QED) is 0.834. The van der Waals surface area contributed by atoms with Crippen LogP contribution in [-0.4, -0.2) is 58.0 Å². The zero-order valence-electron chi connectivity index (χ0n) is 12.9. The van der Waals surface area contributed by atoms with Crippen LogP contribution in [0.25, 0.3) is 0 Å². The van der Waals surface area contributed by atoms with Gasteiger partial charge in [-0.15, -0.1) is 0 Å². The SMILES string of the molecule is COc1cc(N)ccc1S(=O)(=O)N1CC(C)C(N(C)C)C1. The summed E-state index contributed by atoms with van der Waals surface area (Å²) in [6, 6.07) is 4.85. The van der Waals surface area contributed by atoms with E-state index in [9.17, 15) is 8.42 Å². The molecule has 0 amide bonds. The van der Waals surface area contributed by atoms with Crippen LogP contribution in [0.2, 0.25) is 0 Å². The fraction of sp³-hybridized carbons (Fsp3) is 0.571. The Labute approximate surface area is 126 Å². The molecule has 1 saturated heterocycles. The lowest BCUT2D eigenvalue weighted by Gasteiger charge is -2.22. The van der Waals surface area contributed by atoms with Crippen LogP contribution in [0.15, 0.2) is 23.1 Å². The Morgan fingerprint density at radius 1 is 1.33 bits per heavy atom. The lowest BCUT2D eigenvalue weighted by atomic mass is 10.1. The van der Waals surface area contributed by atoms with Gasteiger partial charge >= 0.3 is 0 Å². The fourth-order valence-electron chi connectivity index (χ4n) is 2.81. The Morgan fingerprint density at radius 3 is 2.52 bits per heavy atom. The summed E-state index contributed by atoms with van der Waals surface area (Å²) < 4.78 is 32.4. The van der Waals surface area contributed by atoms with Crippen LogP contribution in [0, 0.1) is 5.92 Å². The van der Waals surface area contributed by atoms with Gasteiger partial charge < -0.3 is 15.4 Å². The molecule has 2 atom stereocenters. The van der Waals surface area contributed by atoms with Gasteiger partial charge in [0, 0.05) is 30.9 Å². The minimum absolute atomic E-state index is 0.172. The second-order valence-corrected chi connectivity index (χ2v) is 7.65. The van der Waals surface area contributed by atoms with E-state index in [4.69, 9.17) is 10.5 Å². The monoisotopic (exact) mass is 313 g/mol. The topological polar surface area (TPSA) is 75.9 Å². The number of methoxy groups -OCH3 is 1. The molecule has 1 fully saturated rings. The molecule has 1 aliphatic heterocycles. The first-order valence-electron chi connectivity index (χ1n) is 6.87. The number of benzene rings is 1. The van der Waals surface area contributed by atoms with Gasteiger partial charge in [0.25, 0.3) is 0 Å². The van der Waals surface area contributed by atoms with Crippen molar-refractivity contribution in [2.45, 2.75) is 17.9 Å². The maximum atomic E-state index is 12.8. The first-order valence-corrected chi connectivity index (χ1v) is 8.31. The van der Waals surface area contributed by atoms with E-state index < -0.39 is 10.0 Å². The normalized spacial score (nSPS) is 23.7. The molecule has 1 heterocycles. The average molecular weight is 313 g/mol. The summed E-state index contributed by atoms with van der Waals surface area (Å²) >= 11 is 0. The summed E-state index contributed by atoms with van der Waals surface area (Å²) in [4.78, 5) is 2.24. The zero-order valence-corrected chi connectivity index (χ0v) is 13.7. The van der Waals surface area contributed by atoms with Crippen LogP contribution in [0.3, 0.4) is 0 Å². The lowest BCUT2D eigenvalue weighted by molar-refractivity contribution is 0.263. The van der Waals surface area contributed by atoms with Crippen molar-refractivity contribution in [3.8, 4) is 5.75 Å². The van der Waals surface area contributed by atoms with Crippen LogP contribution in [0.4, 0.5) is 5.69 Å². The Balaban J connectivity index is 2.36. The van der Waals surface area contributed by atoms with Gasteiger partial charge in [0.1, 0.15) is 10.6 Å². The third-order valence-corrected chi connectivity index (χ3v) is 5.88. The molecule has 6 nitrogen and oxygen atoms in total. The minimum Gasteiger partial charge on any atom is -0.495 e. The van der Waals surface area contributed by atoms with E-state index >= 15 is 0 Å². The van der Waals surface area contributed by atoms with E-state index in [1.54, 1.807) is 6.07 Å². The molecule has 0 saturated carbocycles. The number of nitrogen functional groups attached to an aromatic ring is 1. The molecule has 0 bridgehead atoms. The van der Waals surface area contributed by atoms with Gasteiger partial charge in [0.2, 0.25) is 10.0 Å². The van der Waals surface area contributed by atoms with Crippen LogP contribution < -0.4 is 10.5 Å². The highest BCUT2D eigenvalue weighted by molar-refractivity contribution is 7.89. The number of likely N-dealkylation sites (N-methyl/N-ethyl adjacent to an activating group) is 1. The van der Waals surface area contributed by atoms with Gasteiger partial charge in [0.15, 0.2) is 0 Å². The molecule has 0 aromatic heterocycles. The highest BCUT2D eigenvalue weighted by Gasteiger charge is 2.39. The van der Waals surface area contributed by atoms with Crippen LogP contribution in [-0.2, 0) is 10.0 Å². The first-order chi connectivity index (χ1) is 9.77. The Kier molecular flexibility index (Phi) is 4.46. The van der Waals surface area contributed by atoms with Crippen molar-refractivity contribution in [3.05, 3.63) is 18.2 Å². The number of anilines is 1. The van der Waals surface area contributed by atoms with Crippen LogP contribution >= 0.6 is 0 Å². The van der Waals surface area contributed by atoms with Crippen molar-refractivity contribution in [3.63, 3.8) is 0 Å². The number of ether oxygens (including phenoxy) is 1. The van der Waals surface area contributed by atoms with Gasteiger partial charge in [0.05, 0.1) is 7.11 Å². The van der Waals surface area contributed by atoms with Crippen molar-refractivity contribution in [2.24, 2.45) is 5.92 Å². The Hall–Kier alpha value is -1.31. The first kappa shape index (κ1) is 16.1. The summed E-state index contributed by atoms with van der Waals surface area (Å²) in [5, 5.41) is 0. The Bertz CT molecular complexity index is 616. The second kappa shape index (κ2) is 5.82. The predicted octanol–water partition coefficient (Wildman–Crippen LogP) is 0.848. The van der Waals surface area contributed by atoms with Crippen LogP contribution in [0.1, 0.15) is 6.92 Å². The number of rotatable bonds is 4. The van der Waals surface area contributed by atoms with Gasteiger partial charge in [-0.3, -0.25) is 0 Å². The molecule has 118 valence electrons. The number of nitrogens with zero attached hydrogens (tertiary/aromatic N) is 2. The molecule has 7 heteroatoms. The number of nitrogens with two attached hydrogens (primary N) is 1. The number of hydrogen-bond donors (Lipinski definition) is 1. The van der Waals surface area contributed by atoms with E-state index in [0.717, 1.165) is 0 Å². The minimum atomic E-state index is -3.57. The standard InChI is InChI=1S/C14H23N3O3S/c1-10-8-17(9-12(10)16(2)3)21(18,19)14-6-5-11(15)7-13(14)20-4/h5-7,10,12H,8-9,15H2,1-4H3. The summed E-state index contributed by atoms with van der Waals surface area (Å²) in [7, 11) is 1.82. The molecule has 21 heavy (non-hydrogen) atoms. The van der Waals surface area contributed by atoms with Crippen molar-refractivity contribution in [1.82, 2.24) is 9.21 Å². The molecular formula is C14H23N3O3S. The molecule has 2 unspecified atom stereocenters. The average Bonchev–Trinajstić information content (AvgIpc) is 2.81. The van der Waals surface area contributed by atoms with Crippen molar-refractivity contribution >= 4 is 15.7 Å². The van der Waals surface area contributed by atoms with Crippen molar-refractivity contribution < 1.29 is 13.2 Å². The zero-order chi connectivity index (χ0) is 15.8. The summed E-state index contributed by atoms with van der Waals surface area (Å²) in [5.74, 6) is 0.575. The van der Waals surface area contributed by atoms with Gasteiger partial charge in [-0.1, -0.05) is 6.92 Å². The molecule has 0 spiro atoms. The molecule has 1 aromatic carbocycles. The number of sulfonamides is 1. The highest BCUT2D eigenvalue weighted by Crippen LogP contribution is 2.32. The van der Waals surface area contributed by atoms with E-state index in [0.29, 0.717) is 18.8 Å². The molecule has 1 aromatic rings. The second-order valence-electron chi connectivity index (χ2n) is 5.74. The van der Waals surface area contributed by atoms with E-state index in [-0.39, 0.29) is 22.6 Å². The van der Waals surface area contributed by atoms with Crippen molar-refractivity contribution in [1.29, 1.82) is 0 Å². The van der Waals surface area contributed by atoms with Gasteiger partial charge in [-0.2, -0.15) is 4.31 Å². The largest absolute Gasteiger partial charge is 0.495 e. The summed E-state index contributed by atoms with van der Waals surface area (Å²) in [6.07, 6.45) is 0. The molecule has 0 aliphatic carbocycles. The fourth-order valence-corrected chi connectivity index (χ4v) is 4.51. The molecule has 2 rings (SSSR count). The van der Waals surface area contributed by atoms with Crippen LogP contribution in [0.5, 0.6) is 5.75 Å². The highest BCUT2D eigenvalue weighted by atomic mass is 32.2. The maximum absolute atomic E-state index is 12.8. The molecule has 2 N–H and O–H groups in total. The number of hydrogen-bond acceptors (Lipinski definition) is 5. The molecular weight excluding hydrogens is 290 g/mol. The van der Waals surface area contributed by atoms with Gasteiger partial charge in [-0.05, 0) is 32.1 Å². The summed E-state index contributed by atoms with van der Waals surface area (Å²) in [6.45, 7) is 3.07. The third-order valence-electron chi connectivity index (χ3n) is 4.01. The third kappa shape index (κ3) is 3.00. The van der Waals surface area contributed by atoms with E-state index in [1.807, 2.05) is 14.1 Å². The smallest absolute Gasteiger partial charge is 0.246 e. The Morgan fingerprint density at radius 2 is 2.00 bits per heavy atom.